The highest BCUT2D eigenvalue weighted by Gasteiger charge is 2.66. The van der Waals surface area contributed by atoms with Crippen LogP contribution in [0.3, 0.4) is 0 Å². The fourth-order valence-corrected chi connectivity index (χ4v) is 9.44. The Bertz CT molecular complexity index is 1370. The van der Waals surface area contributed by atoms with Crippen LogP contribution in [0.25, 0.3) is 0 Å². The van der Waals surface area contributed by atoms with E-state index in [9.17, 15) is 19.5 Å². The average Bonchev–Trinajstić information content (AvgIpc) is 3.72. The molecule has 0 aliphatic carbocycles. The number of hydrogen-bond acceptors (Lipinski definition) is 9. The molecule has 1 spiro atoms. The lowest BCUT2D eigenvalue weighted by Gasteiger charge is -2.31. The summed E-state index contributed by atoms with van der Waals surface area (Å²) in [5, 5.41) is 17.4. The number of methoxy groups -OCH3 is 1. The van der Waals surface area contributed by atoms with Gasteiger partial charge in [-0.3, -0.25) is 19.2 Å². The van der Waals surface area contributed by atoms with Crippen LogP contribution in [0.15, 0.2) is 24.4 Å². The topological polar surface area (TPSA) is 136 Å². The standard InChI is InChI=1S/C29H40FN5O7Si/c1-19-26(43(3,4)30)24(10-13-33-18-20(11-15-36)31-32-33)42-29(19)22-17-21(34-14-16-41-28(34)39)8-9-23(22)35(27(29)38)12-6-5-7-25(37)40-2/h8-9,17-19,24,26,36H,5-7,10-16H2,1-4H3/t19-,24+,26-,29+/m0/s1. The first kappa shape index (κ1) is 31.1. The number of cyclic esters (lactones) is 1. The molecular formula is C29H40FN5O7Si. The lowest BCUT2D eigenvalue weighted by Crippen LogP contribution is -2.45. The Balaban J connectivity index is 1.49. The van der Waals surface area contributed by atoms with Crippen LogP contribution >= 0.6 is 0 Å². The number of aliphatic hydroxyl groups excluding tert-OH is 1. The van der Waals surface area contributed by atoms with Gasteiger partial charge in [0.25, 0.3) is 5.91 Å². The molecular weight excluding hydrogens is 577 g/mol. The molecule has 2 fully saturated rings. The Hall–Kier alpha value is -3.36. The van der Waals surface area contributed by atoms with E-state index in [1.807, 2.05) is 19.1 Å². The first-order valence-electron chi connectivity index (χ1n) is 14.9. The van der Waals surface area contributed by atoms with Gasteiger partial charge in [-0.1, -0.05) is 12.1 Å². The van der Waals surface area contributed by atoms with Gasteiger partial charge in [0.1, 0.15) is 6.61 Å². The van der Waals surface area contributed by atoms with Crippen LogP contribution in [0.4, 0.5) is 20.3 Å². The van der Waals surface area contributed by atoms with Crippen LogP contribution in [0.2, 0.25) is 18.6 Å². The highest BCUT2D eigenvalue weighted by atomic mass is 28.4. The zero-order chi connectivity index (χ0) is 30.9. The first-order valence-corrected chi connectivity index (χ1v) is 17.8. The van der Waals surface area contributed by atoms with Crippen LogP contribution in [0, 0.1) is 5.92 Å². The van der Waals surface area contributed by atoms with Crippen molar-refractivity contribution < 1.29 is 37.8 Å². The molecule has 1 N–H and O–H groups in total. The number of aryl methyl sites for hydroxylation is 1. The molecule has 0 bridgehead atoms. The molecule has 0 radical (unpaired) electrons. The minimum Gasteiger partial charge on any atom is -0.469 e. The lowest BCUT2D eigenvalue weighted by molar-refractivity contribution is -0.146. The molecule has 0 saturated carbocycles. The molecule has 5 rings (SSSR count). The Morgan fingerprint density at radius 3 is 2.72 bits per heavy atom. The van der Waals surface area contributed by atoms with Gasteiger partial charge in [0, 0.05) is 61.4 Å². The minimum absolute atomic E-state index is 0.0357. The van der Waals surface area contributed by atoms with Crippen molar-refractivity contribution in [3.8, 4) is 0 Å². The second-order valence-electron chi connectivity index (χ2n) is 12.0. The molecule has 4 heterocycles. The summed E-state index contributed by atoms with van der Waals surface area (Å²) in [6.45, 7) is 6.58. The maximum Gasteiger partial charge on any atom is 0.414 e. The summed E-state index contributed by atoms with van der Waals surface area (Å²) < 4.78 is 34.5. The molecule has 43 heavy (non-hydrogen) atoms. The zero-order valence-corrected chi connectivity index (χ0v) is 26.1. The van der Waals surface area contributed by atoms with Gasteiger partial charge >= 0.3 is 12.1 Å². The number of carbonyl (C=O) groups is 3. The number of ether oxygens (including phenoxy) is 3. The van der Waals surface area contributed by atoms with E-state index in [-0.39, 0.29) is 31.5 Å². The van der Waals surface area contributed by atoms with E-state index in [1.165, 1.54) is 12.0 Å². The molecule has 2 aromatic rings. The summed E-state index contributed by atoms with van der Waals surface area (Å²) in [4.78, 5) is 41.8. The second-order valence-corrected chi connectivity index (χ2v) is 15.8. The highest BCUT2D eigenvalue weighted by molar-refractivity contribution is 6.72. The van der Waals surface area contributed by atoms with Crippen LogP contribution in [-0.2, 0) is 42.4 Å². The van der Waals surface area contributed by atoms with Gasteiger partial charge in [0.05, 0.1) is 31.1 Å². The zero-order valence-electron chi connectivity index (χ0n) is 25.1. The number of fused-ring (bicyclic) bond motifs is 2. The predicted molar refractivity (Wildman–Crippen MR) is 157 cm³/mol. The van der Waals surface area contributed by atoms with Crippen LogP contribution in [0.5, 0.6) is 0 Å². The van der Waals surface area contributed by atoms with Crippen LogP contribution in [-0.4, -0.2) is 86.0 Å². The maximum absolute atomic E-state index is 16.2. The van der Waals surface area contributed by atoms with E-state index in [0.29, 0.717) is 67.9 Å². The molecule has 2 saturated heterocycles. The molecule has 234 valence electrons. The quantitative estimate of drug-likeness (QED) is 0.165. The number of esters is 1. The van der Waals surface area contributed by atoms with Crippen molar-refractivity contribution in [2.24, 2.45) is 5.92 Å². The summed E-state index contributed by atoms with van der Waals surface area (Å²) in [7, 11) is -2.03. The summed E-state index contributed by atoms with van der Waals surface area (Å²) >= 11 is 0. The largest absolute Gasteiger partial charge is 0.469 e. The van der Waals surface area contributed by atoms with Gasteiger partial charge in [-0.2, -0.15) is 0 Å². The van der Waals surface area contributed by atoms with E-state index >= 15 is 4.11 Å². The van der Waals surface area contributed by atoms with E-state index in [0.717, 1.165) is 0 Å². The number of rotatable bonds is 12. The number of anilines is 2. The van der Waals surface area contributed by atoms with E-state index in [4.69, 9.17) is 14.2 Å². The van der Waals surface area contributed by atoms with E-state index < -0.39 is 37.7 Å². The monoisotopic (exact) mass is 617 g/mol. The molecule has 12 nitrogen and oxygen atoms in total. The molecule has 0 unspecified atom stereocenters. The first-order chi connectivity index (χ1) is 20.5. The Morgan fingerprint density at radius 2 is 2.05 bits per heavy atom. The van der Waals surface area contributed by atoms with Crippen molar-refractivity contribution in [2.75, 3.05) is 43.2 Å². The molecule has 14 heteroatoms. The number of halogens is 1. The third-order valence-corrected chi connectivity index (χ3v) is 11.3. The van der Waals surface area contributed by atoms with Gasteiger partial charge in [-0.25, -0.2) is 4.79 Å². The molecule has 4 atom stereocenters. The Labute approximate surface area is 251 Å². The maximum atomic E-state index is 16.2. The lowest BCUT2D eigenvalue weighted by atomic mass is 9.82. The van der Waals surface area contributed by atoms with Gasteiger partial charge in [-0.05, 0) is 50.6 Å². The van der Waals surface area contributed by atoms with Crippen molar-refractivity contribution in [1.82, 2.24) is 15.0 Å². The van der Waals surface area contributed by atoms with Crippen molar-refractivity contribution >= 4 is 37.8 Å². The molecule has 2 amide bonds. The molecule has 3 aliphatic rings. The van der Waals surface area contributed by atoms with Crippen LogP contribution < -0.4 is 9.80 Å². The summed E-state index contributed by atoms with van der Waals surface area (Å²) in [5.41, 5.74) is 0.595. The summed E-state index contributed by atoms with van der Waals surface area (Å²) in [5.74, 6) is -1.06. The van der Waals surface area contributed by atoms with Gasteiger partial charge in [-0.15, -0.1) is 5.10 Å². The number of carbonyl (C=O) groups excluding carboxylic acids is 3. The van der Waals surface area contributed by atoms with Crippen molar-refractivity contribution in [2.45, 2.75) is 75.9 Å². The normalized spacial score (nSPS) is 25.1. The van der Waals surface area contributed by atoms with Crippen molar-refractivity contribution in [3.05, 3.63) is 35.7 Å². The number of aromatic nitrogens is 3. The number of unbranched alkanes of at least 4 members (excludes halogenated alkanes) is 1. The molecule has 1 aromatic carbocycles. The van der Waals surface area contributed by atoms with Crippen molar-refractivity contribution in [3.63, 3.8) is 0 Å². The Kier molecular flexibility index (Phi) is 8.91. The van der Waals surface area contributed by atoms with Crippen molar-refractivity contribution in [1.29, 1.82) is 0 Å². The smallest absolute Gasteiger partial charge is 0.414 e. The fourth-order valence-electron chi connectivity index (χ4n) is 6.90. The summed E-state index contributed by atoms with van der Waals surface area (Å²) in [6.07, 6.45) is 2.88. The van der Waals surface area contributed by atoms with Gasteiger partial charge in [0.2, 0.25) is 8.41 Å². The summed E-state index contributed by atoms with van der Waals surface area (Å²) in [6, 6.07) is 5.42. The van der Waals surface area contributed by atoms with Crippen LogP contribution in [0.1, 0.15) is 43.9 Å². The minimum atomic E-state index is -3.37. The number of aliphatic hydroxyl groups is 1. The highest BCUT2D eigenvalue weighted by Crippen LogP contribution is 2.60. The number of hydrogen-bond donors (Lipinski definition) is 1. The van der Waals surface area contributed by atoms with E-state index in [1.54, 1.807) is 34.9 Å². The molecule has 3 aliphatic heterocycles. The SMILES string of the molecule is COC(=O)CCCCN1C(=O)[C@]2(O[C@H](CCn3cc(CCO)nn3)[C@@H]([Si](C)(C)F)[C@@H]2C)c2cc(N3CCOC3=O)ccc21. The third-order valence-electron chi connectivity index (χ3n) is 8.85. The second kappa shape index (κ2) is 12.3. The fraction of sp³-hybridized carbons (Fsp3) is 0.621. The predicted octanol–water partition coefficient (Wildman–Crippen LogP) is 3.32. The third kappa shape index (κ3) is 5.79. The van der Waals surface area contributed by atoms with Gasteiger partial charge < -0.3 is 28.3 Å². The van der Waals surface area contributed by atoms with Gasteiger partial charge in [0.15, 0.2) is 5.60 Å². The number of benzene rings is 1. The molecule has 1 aromatic heterocycles. The number of nitrogens with zero attached hydrogens (tertiary/aromatic N) is 5. The number of amides is 2. The Morgan fingerprint density at radius 1 is 1.26 bits per heavy atom. The van der Waals surface area contributed by atoms with E-state index in [2.05, 4.69) is 10.3 Å². The average molecular weight is 618 g/mol.